The summed E-state index contributed by atoms with van der Waals surface area (Å²) in [6, 6.07) is 16.1. The van der Waals surface area contributed by atoms with Gasteiger partial charge in [0.05, 0.1) is 17.9 Å². The Morgan fingerprint density at radius 2 is 1.65 bits per heavy atom. The summed E-state index contributed by atoms with van der Waals surface area (Å²) in [5.74, 6) is -2.44. The highest BCUT2D eigenvalue weighted by Gasteiger charge is 2.35. The monoisotopic (exact) mass is 615 g/mol. The highest BCUT2D eigenvalue weighted by atomic mass is 32.2. The lowest BCUT2D eigenvalue weighted by Gasteiger charge is -2.15. The van der Waals surface area contributed by atoms with Gasteiger partial charge >= 0.3 is 6.18 Å². The highest BCUT2D eigenvalue weighted by molar-refractivity contribution is 7.90. The fourth-order valence-corrected chi connectivity index (χ4v) is 5.98. The van der Waals surface area contributed by atoms with Crippen LogP contribution in [0.1, 0.15) is 50.8 Å². The number of aromatic nitrogens is 1. The Balaban J connectivity index is 1.53. The van der Waals surface area contributed by atoms with E-state index < -0.39 is 33.9 Å². The maximum absolute atomic E-state index is 12.9. The second kappa shape index (κ2) is 12.5. The summed E-state index contributed by atoms with van der Waals surface area (Å²) in [5, 5.41) is 3.33. The number of carbonyl (C=O) groups is 2. The molecule has 2 N–H and O–H groups in total. The number of sulfonamides is 1. The van der Waals surface area contributed by atoms with E-state index in [0.29, 0.717) is 28.9 Å². The standard InChI is InChI=1S/C31H32F3N3O5S/c1-19-7-5-6-8-28(19)43(40,41)36-30(39)23-10-9-21(27(17-23)42-4)15-24-18-37(3)26-12-11-22(16-25(24)26)29(38)35-14-13-20(2)31(32,33)34/h5-12,16-18,20H,13-15H2,1-4H3,(H,35,38)(H,36,39). The van der Waals surface area contributed by atoms with Crippen molar-refractivity contribution in [3.8, 4) is 5.75 Å². The van der Waals surface area contributed by atoms with Crippen molar-refractivity contribution in [2.75, 3.05) is 13.7 Å². The van der Waals surface area contributed by atoms with Crippen molar-refractivity contribution in [1.29, 1.82) is 0 Å². The quantitative estimate of drug-likeness (QED) is 0.244. The molecule has 8 nitrogen and oxygen atoms in total. The smallest absolute Gasteiger partial charge is 0.391 e. The van der Waals surface area contributed by atoms with Crippen molar-refractivity contribution in [3.63, 3.8) is 0 Å². The normalized spacial score (nSPS) is 12.6. The third-order valence-corrected chi connectivity index (χ3v) is 8.79. The van der Waals surface area contributed by atoms with Crippen LogP contribution in [0.25, 0.3) is 10.9 Å². The number of halogens is 3. The molecule has 0 bridgehead atoms. The molecule has 0 aliphatic heterocycles. The van der Waals surface area contributed by atoms with Crippen molar-refractivity contribution in [1.82, 2.24) is 14.6 Å². The number of amides is 2. The summed E-state index contributed by atoms with van der Waals surface area (Å²) in [6.45, 7) is 2.61. The zero-order chi connectivity index (χ0) is 31.5. The molecule has 43 heavy (non-hydrogen) atoms. The van der Waals surface area contributed by atoms with Crippen molar-refractivity contribution >= 4 is 32.7 Å². The number of aryl methyl sites for hydroxylation is 2. The first-order chi connectivity index (χ1) is 20.2. The molecule has 1 unspecified atom stereocenters. The molecule has 0 fully saturated rings. The van der Waals surface area contributed by atoms with E-state index in [4.69, 9.17) is 4.74 Å². The van der Waals surface area contributed by atoms with E-state index in [1.54, 1.807) is 49.4 Å². The molecular formula is C31H32F3N3O5S. The lowest BCUT2D eigenvalue weighted by Crippen LogP contribution is -2.31. The summed E-state index contributed by atoms with van der Waals surface area (Å²) < 4.78 is 73.5. The summed E-state index contributed by atoms with van der Waals surface area (Å²) >= 11 is 0. The highest BCUT2D eigenvalue weighted by Crippen LogP contribution is 2.30. The number of fused-ring (bicyclic) bond motifs is 1. The Morgan fingerprint density at radius 3 is 2.33 bits per heavy atom. The Bertz CT molecular complexity index is 1780. The van der Waals surface area contributed by atoms with Crippen LogP contribution in [-0.2, 0) is 23.5 Å². The number of rotatable bonds is 10. The molecule has 12 heteroatoms. The fraction of sp³-hybridized carbons (Fsp3) is 0.290. The zero-order valence-electron chi connectivity index (χ0n) is 24.1. The van der Waals surface area contributed by atoms with Crippen LogP contribution in [0, 0.1) is 12.8 Å². The van der Waals surface area contributed by atoms with E-state index in [9.17, 15) is 31.2 Å². The minimum atomic E-state index is -4.31. The van der Waals surface area contributed by atoms with Crippen molar-refractivity contribution in [2.45, 2.75) is 37.8 Å². The van der Waals surface area contributed by atoms with Crippen LogP contribution in [0.15, 0.2) is 71.8 Å². The molecule has 0 radical (unpaired) electrons. The molecule has 1 atom stereocenters. The average molecular weight is 616 g/mol. The Kier molecular flexibility index (Phi) is 9.19. The number of alkyl halides is 3. The lowest BCUT2D eigenvalue weighted by molar-refractivity contribution is -0.170. The van der Waals surface area contributed by atoms with Gasteiger partial charge < -0.3 is 14.6 Å². The van der Waals surface area contributed by atoms with E-state index in [-0.39, 0.29) is 23.4 Å². The molecule has 0 aliphatic carbocycles. The van der Waals surface area contributed by atoms with E-state index in [1.165, 1.54) is 25.3 Å². The van der Waals surface area contributed by atoms with E-state index in [0.717, 1.165) is 23.4 Å². The summed E-state index contributed by atoms with van der Waals surface area (Å²) in [7, 11) is -0.801. The largest absolute Gasteiger partial charge is 0.496 e. The molecule has 4 rings (SSSR count). The molecule has 228 valence electrons. The summed E-state index contributed by atoms with van der Waals surface area (Å²) in [6.07, 6.45) is -2.28. The molecule has 1 heterocycles. The number of ether oxygens (including phenoxy) is 1. The van der Waals surface area contributed by atoms with Crippen molar-refractivity contribution < 1.29 is 35.9 Å². The molecule has 1 aromatic heterocycles. The van der Waals surface area contributed by atoms with E-state index >= 15 is 0 Å². The van der Waals surface area contributed by atoms with Crippen LogP contribution in [0.5, 0.6) is 5.75 Å². The fourth-order valence-electron chi connectivity index (χ4n) is 4.75. The Morgan fingerprint density at radius 1 is 0.977 bits per heavy atom. The van der Waals surface area contributed by atoms with Gasteiger partial charge in [0.15, 0.2) is 0 Å². The number of methoxy groups -OCH3 is 1. The third kappa shape index (κ3) is 7.19. The molecule has 0 spiro atoms. The Hall–Kier alpha value is -4.32. The van der Waals surface area contributed by atoms with Gasteiger partial charge in [-0.15, -0.1) is 0 Å². The first kappa shape index (κ1) is 31.6. The molecule has 0 saturated carbocycles. The molecular weight excluding hydrogens is 583 g/mol. The van der Waals surface area contributed by atoms with Crippen LogP contribution >= 0.6 is 0 Å². The predicted octanol–water partition coefficient (Wildman–Crippen LogP) is 5.52. The number of benzene rings is 3. The van der Waals surface area contributed by atoms with Crippen LogP contribution in [0.2, 0.25) is 0 Å². The van der Waals surface area contributed by atoms with Crippen LogP contribution in [0.4, 0.5) is 13.2 Å². The van der Waals surface area contributed by atoms with E-state index in [1.807, 2.05) is 17.8 Å². The maximum atomic E-state index is 12.9. The predicted molar refractivity (Wildman–Crippen MR) is 157 cm³/mol. The molecule has 0 aliphatic rings. The first-order valence-corrected chi connectivity index (χ1v) is 14.9. The van der Waals surface area contributed by atoms with Crippen molar-refractivity contribution in [2.24, 2.45) is 13.0 Å². The number of hydrogen-bond acceptors (Lipinski definition) is 5. The van der Waals surface area contributed by atoms with Crippen LogP contribution < -0.4 is 14.8 Å². The first-order valence-electron chi connectivity index (χ1n) is 13.4. The Labute approximate surface area is 247 Å². The lowest BCUT2D eigenvalue weighted by atomic mass is 10.0. The van der Waals surface area contributed by atoms with Gasteiger partial charge in [-0.25, -0.2) is 13.1 Å². The molecule has 4 aromatic rings. The van der Waals surface area contributed by atoms with Gasteiger partial charge in [-0.05, 0) is 66.4 Å². The molecule has 3 aromatic carbocycles. The minimum Gasteiger partial charge on any atom is -0.496 e. The summed E-state index contributed by atoms with van der Waals surface area (Å²) in [5.41, 5.74) is 3.30. The van der Waals surface area contributed by atoms with E-state index in [2.05, 4.69) is 10.0 Å². The molecule has 0 saturated heterocycles. The number of hydrogen-bond donors (Lipinski definition) is 2. The zero-order valence-corrected chi connectivity index (χ0v) is 24.9. The van der Waals surface area contributed by atoms with Gasteiger partial charge in [0.2, 0.25) is 0 Å². The second-order valence-corrected chi connectivity index (χ2v) is 12.0. The van der Waals surface area contributed by atoms with Gasteiger partial charge in [-0.3, -0.25) is 9.59 Å². The number of nitrogens with one attached hydrogen (secondary N) is 2. The van der Waals surface area contributed by atoms with Gasteiger partial charge in [0.25, 0.3) is 21.8 Å². The topological polar surface area (TPSA) is 106 Å². The van der Waals surface area contributed by atoms with Crippen LogP contribution in [0.3, 0.4) is 0 Å². The third-order valence-electron chi connectivity index (χ3n) is 7.30. The number of nitrogens with zero attached hydrogens (tertiary/aromatic N) is 1. The van der Waals surface area contributed by atoms with Crippen molar-refractivity contribution in [3.05, 3.63) is 94.7 Å². The van der Waals surface area contributed by atoms with Gasteiger partial charge in [-0.1, -0.05) is 31.2 Å². The maximum Gasteiger partial charge on any atom is 0.391 e. The summed E-state index contributed by atoms with van der Waals surface area (Å²) in [4.78, 5) is 25.6. The SMILES string of the molecule is COc1cc(C(=O)NS(=O)(=O)c2ccccc2C)ccc1Cc1cn(C)c2ccc(C(=O)NCCC(C)C(F)(F)F)cc12. The van der Waals surface area contributed by atoms with Gasteiger partial charge in [0, 0.05) is 48.2 Å². The van der Waals surface area contributed by atoms with Gasteiger partial charge in [0.1, 0.15) is 5.75 Å². The molecule has 2 amide bonds. The van der Waals surface area contributed by atoms with Crippen LogP contribution in [-0.4, -0.2) is 44.6 Å². The average Bonchev–Trinajstić information content (AvgIpc) is 3.26. The minimum absolute atomic E-state index is 0.00630. The second-order valence-electron chi connectivity index (χ2n) is 10.4. The number of carbonyl (C=O) groups excluding carboxylic acids is 2. The van der Waals surface area contributed by atoms with Gasteiger partial charge in [-0.2, -0.15) is 13.2 Å².